The van der Waals surface area contributed by atoms with Gasteiger partial charge < -0.3 is 31.9 Å². The molecule has 0 spiro atoms. The molecule has 4 heterocycles. The summed E-state index contributed by atoms with van der Waals surface area (Å²) in [6.07, 6.45) is 5.14. The molecule has 0 saturated carbocycles. The number of aliphatic hydroxyl groups is 1. The fourth-order valence-corrected chi connectivity index (χ4v) is 6.57. The molecule has 1 amide bonds. The molecule has 0 aliphatic carbocycles. The Morgan fingerprint density at radius 3 is 2.67 bits per heavy atom. The van der Waals surface area contributed by atoms with E-state index < -0.39 is 11.6 Å². The van der Waals surface area contributed by atoms with E-state index in [-0.39, 0.29) is 28.9 Å². The Morgan fingerprint density at radius 1 is 1.19 bits per heavy atom. The molecule has 2 aromatic carbocycles. The number of piperidine rings is 3. The van der Waals surface area contributed by atoms with Gasteiger partial charge in [-0.25, -0.2) is 0 Å². The predicted molar refractivity (Wildman–Crippen MR) is 139 cm³/mol. The van der Waals surface area contributed by atoms with Crippen molar-refractivity contribution in [3.05, 3.63) is 90.6 Å². The van der Waals surface area contributed by atoms with Crippen LogP contribution in [0.3, 0.4) is 0 Å². The lowest BCUT2D eigenvalue weighted by Crippen LogP contribution is -3.00. The van der Waals surface area contributed by atoms with Gasteiger partial charge in [-0.15, -0.1) is 6.58 Å². The largest absolute Gasteiger partial charge is 1.00 e. The molecular weight excluding hydrogens is 514 g/mol. The smallest absolute Gasteiger partial charge is 0.275 e. The Hall–Kier alpha value is -2.54. The second-order valence-electron chi connectivity index (χ2n) is 10.9. The predicted octanol–water partition coefficient (Wildman–Crippen LogP) is 1.73. The molecule has 0 unspecified atom stereocenters. The van der Waals surface area contributed by atoms with E-state index in [1.165, 1.54) is 0 Å². The number of rotatable bonds is 7. The summed E-state index contributed by atoms with van der Waals surface area (Å²) in [6, 6.07) is 20.0. The number of pyridine rings is 1. The Kier molecular flexibility index (Phi) is 7.69. The van der Waals surface area contributed by atoms with Gasteiger partial charge in [-0.05, 0) is 43.0 Å². The van der Waals surface area contributed by atoms with Crippen LogP contribution < -0.4 is 22.3 Å². The van der Waals surface area contributed by atoms with Crippen molar-refractivity contribution >= 4 is 16.8 Å². The van der Waals surface area contributed by atoms with Crippen molar-refractivity contribution < 1.29 is 31.4 Å². The van der Waals surface area contributed by atoms with Crippen LogP contribution in [0.25, 0.3) is 10.9 Å². The van der Waals surface area contributed by atoms with Crippen LogP contribution in [0.5, 0.6) is 0 Å². The summed E-state index contributed by atoms with van der Waals surface area (Å²) in [5.41, 5.74) is 2.40. The highest BCUT2D eigenvalue weighted by Gasteiger charge is 2.55. The number of aliphatic hydroxyl groups excluding tert-OH is 1. The van der Waals surface area contributed by atoms with Gasteiger partial charge in [0.2, 0.25) is 0 Å². The minimum absolute atomic E-state index is 0. The second kappa shape index (κ2) is 10.4. The number of fused-ring (bicyclic) bond motifs is 4. The number of nitrogens with zero attached hydrogens (tertiary/aromatic N) is 2. The zero-order valence-corrected chi connectivity index (χ0v) is 22.7. The number of hydrogen-bond donors (Lipinski definition) is 2. The third kappa shape index (κ3) is 4.86. The minimum Gasteiger partial charge on any atom is -1.00 e. The fourth-order valence-electron chi connectivity index (χ4n) is 6.57. The summed E-state index contributed by atoms with van der Waals surface area (Å²) < 4.78 is 0.599. The summed E-state index contributed by atoms with van der Waals surface area (Å²) in [5.74, 6) is 0.902. The number of benzene rings is 2. The number of nitrogens with one attached hydrogen (secondary N) is 1. The summed E-state index contributed by atoms with van der Waals surface area (Å²) in [7, 11) is 0. The van der Waals surface area contributed by atoms with Gasteiger partial charge in [-0.1, -0.05) is 54.6 Å². The van der Waals surface area contributed by atoms with Gasteiger partial charge in [0.25, 0.3) is 5.91 Å². The molecule has 3 saturated heterocycles. The maximum atomic E-state index is 13.5. The van der Waals surface area contributed by atoms with Crippen molar-refractivity contribution in [2.75, 3.05) is 19.6 Å². The maximum absolute atomic E-state index is 13.5. The van der Waals surface area contributed by atoms with E-state index >= 15 is 0 Å². The molecule has 3 aliphatic rings. The van der Waals surface area contributed by atoms with Gasteiger partial charge in [-0.2, -0.15) is 0 Å². The van der Waals surface area contributed by atoms with E-state index in [0.29, 0.717) is 22.9 Å². The number of halogens is 1. The van der Waals surface area contributed by atoms with E-state index in [9.17, 15) is 9.90 Å². The number of hydrogen-bond acceptors (Lipinski definition) is 3. The normalized spacial score (nSPS) is 26.1. The van der Waals surface area contributed by atoms with Crippen LogP contribution >= 0.6 is 0 Å². The number of aromatic nitrogens is 1. The SMILES string of the molecule is C=C[C@H]1C[N@+]2(CC(=O)NC(C)(C)c3ccccc3)CC[C@H]1C[C@@H]2[C@@H](O)c1ccnc2ccccc12.[Br-]. The molecule has 3 aliphatic heterocycles. The van der Waals surface area contributed by atoms with E-state index in [0.717, 1.165) is 48.0 Å². The summed E-state index contributed by atoms with van der Waals surface area (Å²) in [6.45, 7) is 10.3. The Morgan fingerprint density at radius 2 is 1.92 bits per heavy atom. The topological polar surface area (TPSA) is 62.2 Å². The number of carbonyl (C=O) groups is 1. The van der Waals surface area contributed by atoms with Gasteiger partial charge in [0.1, 0.15) is 12.1 Å². The first-order valence-electron chi connectivity index (χ1n) is 12.7. The quantitative estimate of drug-likeness (QED) is 0.348. The molecular formula is C30H36BrN3O2. The first-order valence-corrected chi connectivity index (χ1v) is 12.7. The molecule has 2 bridgehead atoms. The molecule has 5 nitrogen and oxygen atoms in total. The highest BCUT2D eigenvalue weighted by atomic mass is 79.9. The number of quaternary nitrogens is 1. The number of para-hydroxylation sites is 1. The summed E-state index contributed by atoms with van der Waals surface area (Å²) in [5, 5.41) is 16.1. The van der Waals surface area contributed by atoms with Gasteiger partial charge in [0, 0.05) is 30.3 Å². The standard InChI is InChI=1S/C30H35N3O2.BrH/c1-4-21-19-33(20-28(34)32-30(2,3)23-10-6-5-7-11-23)17-15-22(21)18-27(33)29(35)25-14-16-31-26-13-9-8-12-24(25)26;/h4-14,16,21-22,27,29,35H,1,15,17-20H2,2-3H3;1H/t21-,22-,27+,29-,33-;/m0./s1. The second-order valence-corrected chi connectivity index (χ2v) is 10.9. The Bertz CT molecular complexity index is 1230. The average molecular weight is 551 g/mol. The molecule has 3 aromatic rings. The van der Waals surface area contributed by atoms with Crippen LogP contribution in [0.4, 0.5) is 0 Å². The van der Waals surface area contributed by atoms with Crippen molar-refractivity contribution in [2.45, 2.75) is 44.4 Å². The highest BCUT2D eigenvalue weighted by Crippen LogP contribution is 2.47. The highest BCUT2D eigenvalue weighted by molar-refractivity contribution is 5.82. The summed E-state index contributed by atoms with van der Waals surface area (Å²) >= 11 is 0. The minimum atomic E-state index is -0.661. The van der Waals surface area contributed by atoms with Crippen LogP contribution in [0.15, 0.2) is 79.5 Å². The van der Waals surface area contributed by atoms with Gasteiger partial charge in [0.05, 0.1) is 24.1 Å². The van der Waals surface area contributed by atoms with Crippen molar-refractivity contribution in [3.63, 3.8) is 0 Å². The van der Waals surface area contributed by atoms with Crippen molar-refractivity contribution in [1.82, 2.24) is 10.3 Å². The molecule has 1 aromatic heterocycles. The van der Waals surface area contributed by atoms with Gasteiger partial charge in [0.15, 0.2) is 6.54 Å². The monoisotopic (exact) mass is 549 g/mol. The van der Waals surface area contributed by atoms with E-state index in [2.05, 4.69) is 23.0 Å². The molecule has 3 fully saturated rings. The molecule has 190 valence electrons. The first-order chi connectivity index (χ1) is 16.8. The Balaban J connectivity index is 0.00000304. The van der Waals surface area contributed by atoms with E-state index in [4.69, 9.17) is 0 Å². The van der Waals surface area contributed by atoms with Crippen LogP contribution in [0.1, 0.15) is 43.9 Å². The third-order valence-electron chi connectivity index (χ3n) is 8.45. The lowest BCUT2D eigenvalue weighted by Gasteiger charge is -2.57. The molecule has 6 rings (SSSR count). The zero-order valence-electron chi connectivity index (χ0n) is 21.1. The molecule has 36 heavy (non-hydrogen) atoms. The lowest BCUT2D eigenvalue weighted by atomic mass is 9.71. The lowest BCUT2D eigenvalue weighted by molar-refractivity contribution is -0.966. The molecule has 0 radical (unpaired) electrons. The maximum Gasteiger partial charge on any atom is 0.275 e. The van der Waals surface area contributed by atoms with Crippen LogP contribution in [-0.2, 0) is 10.3 Å². The van der Waals surface area contributed by atoms with Gasteiger partial charge in [-0.3, -0.25) is 9.78 Å². The number of amides is 1. The fraction of sp³-hybridized carbons (Fsp3) is 0.400. The number of carbonyl (C=O) groups excluding carboxylic acids is 1. The van der Waals surface area contributed by atoms with E-state index in [1.54, 1.807) is 6.20 Å². The average Bonchev–Trinajstić information content (AvgIpc) is 2.88. The molecule has 2 N–H and O–H groups in total. The summed E-state index contributed by atoms with van der Waals surface area (Å²) in [4.78, 5) is 18.0. The van der Waals surface area contributed by atoms with Crippen LogP contribution in [0, 0.1) is 11.8 Å². The molecule has 6 heteroatoms. The Labute approximate surface area is 224 Å². The van der Waals surface area contributed by atoms with Gasteiger partial charge >= 0.3 is 0 Å². The third-order valence-corrected chi connectivity index (χ3v) is 8.45. The van der Waals surface area contributed by atoms with Crippen molar-refractivity contribution in [3.8, 4) is 0 Å². The van der Waals surface area contributed by atoms with E-state index in [1.807, 2.05) is 74.5 Å². The van der Waals surface area contributed by atoms with Crippen molar-refractivity contribution in [2.24, 2.45) is 11.8 Å². The zero-order chi connectivity index (χ0) is 24.6. The van der Waals surface area contributed by atoms with Crippen LogP contribution in [-0.4, -0.2) is 46.2 Å². The van der Waals surface area contributed by atoms with Crippen LogP contribution in [0.2, 0.25) is 0 Å². The molecule has 5 atom stereocenters. The van der Waals surface area contributed by atoms with Crippen molar-refractivity contribution in [1.29, 1.82) is 0 Å². The first kappa shape index (κ1) is 26.5.